The van der Waals surface area contributed by atoms with E-state index in [-0.39, 0.29) is 17.4 Å². The lowest BCUT2D eigenvalue weighted by Crippen LogP contribution is -2.05. The van der Waals surface area contributed by atoms with E-state index in [1.54, 1.807) is 6.07 Å². The Morgan fingerprint density at radius 2 is 1.95 bits per heavy atom. The van der Waals surface area contributed by atoms with Gasteiger partial charge in [0.25, 0.3) is 0 Å². The van der Waals surface area contributed by atoms with E-state index in [0.717, 1.165) is 10.0 Å². The molecule has 0 fully saturated rings. The van der Waals surface area contributed by atoms with Crippen molar-refractivity contribution in [2.45, 2.75) is 12.3 Å². The highest BCUT2D eigenvalue weighted by Gasteiger charge is 2.15. The predicted octanol–water partition coefficient (Wildman–Crippen LogP) is 3.65. The summed E-state index contributed by atoms with van der Waals surface area (Å²) in [6.45, 7) is 0. The third kappa shape index (κ3) is 3.51. The van der Waals surface area contributed by atoms with Gasteiger partial charge in [-0.3, -0.25) is 0 Å². The second-order valence-corrected chi connectivity index (χ2v) is 5.36. The van der Waals surface area contributed by atoms with Crippen molar-refractivity contribution in [3.63, 3.8) is 0 Å². The zero-order chi connectivity index (χ0) is 14.5. The van der Waals surface area contributed by atoms with Gasteiger partial charge in [0.15, 0.2) is 0 Å². The number of rotatable bonds is 4. The van der Waals surface area contributed by atoms with Crippen LogP contribution < -0.4 is 0 Å². The van der Waals surface area contributed by atoms with E-state index in [1.807, 2.05) is 24.3 Å². The highest BCUT2D eigenvalue weighted by molar-refractivity contribution is 9.10. The van der Waals surface area contributed by atoms with Gasteiger partial charge in [0.1, 0.15) is 11.5 Å². The Morgan fingerprint density at radius 3 is 2.60 bits per heavy atom. The molecule has 0 aliphatic carbocycles. The first-order chi connectivity index (χ1) is 9.60. The number of benzene rings is 2. The SMILES string of the molecule is ON=CC(Cc1cccc(Br)c1)c1ccc(O)cc1O. The van der Waals surface area contributed by atoms with Gasteiger partial charge in [0, 0.05) is 22.0 Å². The molecule has 4 nitrogen and oxygen atoms in total. The molecule has 1 unspecified atom stereocenters. The topological polar surface area (TPSA) is 73.1 Å². The van der Waals surface area contributed by atoms with Gasteiger partial charge in [-0.15, -0.1) is 5.16 Å². The summed E-state index contributed by atoms with van der Waals surface area (Å²) in [5.74, 6) is -0.312. The minimum atomic E-state index is -0.283. The van der Waals surface area contributed by atoms with E-state index in [9.17, 15) is 10.2 Å². The maximum atomic E-state index is 9.91. The molecule has 2 rings (SSSR count). The summed E-state index contributed by atoms with van der Waals surface area (Å²) in [5, 5.41) is 31.1. The fraction of sp³-hybridized carbons (Fsp3) is 0.133. The molecule has 1 atom stereocenters. The molecule has 0 amide bonds. The molecular formula is C15H14BrNO3. The molecule has 0 aliphatic heterocycles. The standard InChI is InChI=1S/C15H14BrNO3/c16-12-3-1-2-10(7-12)6-11(9-17-20)14-5-4-13(18)8-15(14)19/h1-5,7-9,11,18-20H,6H2. The van der Waals surface area contributed by atoms with Gasteiger partial charge < -0.3 is 15.4 Å². The third-order valence-electron chi connectivity index (χ3n) is 3.00. The van der Waals surface area contributed by atoms with E-state index < -0.39 is 0 Å². The van der Waals surface area contributed by atoms with Gasteiger partial charge in [-0.1, -0.05) is 34.1 Å². The van der Waals surface area contributed by atoms with E-state index in [4.69, 9.17) is 5.21 Å². The summed E-state index contributed by atoms with van der Waals surface area (Å²) in [7, 11) is 0. The molecule has 0 spiro atoms. The summed E-state index contributed by atoms with van der Waals surface area (Å²) < 4.78 is 0.963. The van der Waals surface area contributed by atoms with Crippen LogP contribution in [0.25, 0.3) is 0 Å². The van der Waals surface area contributed by atoms with E-state index >= 15 is 0 Å². The van der Waals surface area contributed by atoms with E-state index in [2.05, 4.69) is 21.1 Å². The van der Waals surface area contributed by atoms with Gasteiger partial charge in [0.05, 0.1) is 6.21 Å². The molecule has 0 radical (unpaired) electrons. The molecule has 2 aromatic carbocycles. The van der Waals surface area contributed by atoms with Crippen LogP contribution in [0.15, 0.2) is 52.1 Å². The van der Waals surface area contributed by atoms with Crippen molar-refractivity contribution in [1.82, 2.24) is 0 Å². The lowest BCUT2D eigenvalue weighted by molar-refractivity contribution is 0.319. The van der Waals surface area contributed by atoms with Gasteiger partial charge in [0.2, 0.25) is 0 Å². The third-order valence-corrected chi connectivity index (χ3v) is 3.50. The van der Waals surface area contributed by atoms with Crippen molar-refractivity contribution in [3.05, 3.63) is 58.1 Å². The Bertz CT molecular complexity index is 628. The first-order valence-electron chi connectivity index (χ1n) is 6.04. The molecule has 3 N–H and O–H groups in total. The number of hydrogen-bond acceptors (Lipinski definition) is 4. The Labute approximate surface area is 125 Å². The number of nitrogens with zero attached hydrogens (tertiary/aromatic N) is 1. The molecule has 104 valence electrons. The van der Waals surface area contributed by atoms with E-state index in [1.165, 1.54) is 18.3 Å². The van der Waals surface area contributed by atoms with Gasteiger partial charge in [-0.2, -0.15) is 0 Å². The van der Waals surface area contributed by atoms with Gasteiger partial charge in [-0.05, 0) is 30.2 Å². The average Bonchev–Trinajstić information content (AvgIpc) is 2.38. The Morgan fingerprint density at radius 1 is 1.15 bits per heavy atom. The number of oxime groups is 1. The molecule has 0 saturated heterocycles. The Kier molecular flexibility index (Phi) is 4.63. The maximum absolute atomic E-state index is 9.91. The number of phenolic OH excluding ortho intramolecular Hbond substituents is 2. The lowest BCUT2D eigenvalue weighted by Gasteiger charge is -2.14. The minimum absolute atomic E-state index is 0.00612. The Hall–Kier alpha value is -2.01. The van der Waals surface area contributed by atoms with Crippen LogP contribution in [0.5, 0.6) is 11.5 Å². The molecule has 0 saturated carbocycles. The normalized spacial score (nSPS) is 12.7. The molecule has 0 bridgehead atoms. The monoisotopic (exact) mass is 335 g/mol. The number of aromatic hydroxyl groups is 2. The van der Waals surface area contributed by atoms with Crippen molar-refractivity contribution in [2.24, 2.45) is 5.16 Å². The average molecular weight is 336 g/mol. The van der Waals surface area contributed by atoms with Crippen LogP contribution in [-0.4, -0.2) is 21.6 Å². The summed E-state index contributed by atoms with van der Waals surface area (Å²) in [4.78, 5) is 0. The van der Waals surface area contributed by atoms with Crippen LogP contribution >= 0.6 is 15.9 Å². The molecular weight excluding hydrogens is 322 g/mol. The highest BCUT2D eigenvalue weighted by Crippen LogP contribution is 2.31. The van der Waals surface area contributed by atoms with Crippen molar-refractivity contribution in [1.29, 1.82) is 0 Å². The number of halogens is 1. The van der Waals surface area contributed by atoms with Crippen LogP contribution in [0.2, 0.25) is 0 Å². The number of phenols is 2. The van der Waals surface area contributed by atoms with Gasteiger partial charge in [-0.25, -0.2) is 0 Å². The second-order valence-electron chi connectivity index (χ2n) is 4.45. The summed E-state index contributed by atoms with van der Waals surface area (Å²) in [6, 6.07) is 12.2. The summed E-state index contributed by atoms with van der Waals surface area (Å²) in [5.41, 5.74) is 1.64. The smallest absolute Gasteiger partial charge is 0.123 e. The van der Waals surface area contributed by atoms with Crippen LogP contribution in [0.1, 0.15) is 17.0 Å². The Balaban J connectivity index is 2.31. The van der Waals surface area contributed by atoms with Crippen molar-refractivity contribution >= 4 is 22.1 Å². The predicted molar refractivity (Wildman–Crippen MR) is 80.6 cm³/mol. The molecule has 5 heteroatoms. The minimum Gasteiger partial charge on any atom is -0.508 e. The molecule has 0 aromatic heterocycles. The summed E-state index contributed by atoms with van der Waals surface area (Å²) in [6.07, 6.45) is 1.94. The highest BCUT2D eigenvalue weighted by atomic mass is 79.9. The van der Waals surface area contributed by atoms with Crippen LogP contribution in [-0.2, 0) is 6.42 Å². The molecule has 0 heterocycles. The van der Waals surface area contributed by atoms with Gasteiger partial charge >= 0.3 is 0 Å². The van der Waals surface area contributed by atoms with Crippen molar-refractivity contribution < 1.29 is 15.4 Å². The van der Waals surface area contributed by atoms with Crippen molar-refractivity contribution in [2.75, 3.05) is 0 Å². The molecule has 20 heavy (non-hydrogen) atoms. The van der Waals surface area contributed by atoms with E-state index in [0.29, 0.717) is 12.0 Å². The van der Waals surface area contributed by atoms with Crippen LogP contribution in [0.3, 0.4) is 0 Å². The number of hydrogen-bond donors (Lipinski definition) is 3. The first-order valence-corrected chi connectivity index (χ1v) is 6.83. The fourth-order valence-corrected chi connectivity index (χ4v) is 2.53. The maximum Gasteiger partial charge on any atom is 0.123 e. The van der Waals surface area contributed by atoms with Crippen LogP contribution in [0, 0.1) is 0 Å². The molecule has 0 aliphatic rings. The largest absolute Gasteiger partial charge is 0.508 e. The quantitative estimate of drug-likeness (QED) is 0.453. The summed E-state index contributed by atoms with van der Waals surface area (Å²) >= 11 is 3.41. The second kappa shape index (κ2) is 6.43. The van der Waals surface area contributed by atoms with Crippen LogP contribution in [0.4, 0.5) is 0 Å². The zero-order valence-corrected chi connectivity index (χ0v) is 12.2. The fourth-order valence-electron chi connectivity index (χ4n) is 2.09. The first kappa shape index (κ1) is 14.4. The zero-order valence-electron chi connectivity index (χ0n) is 10.6. The molecule has 2 aromatic rings. The lowest BCUT2D eigenvalue weighted by atomic mass is 9.92. The van der Waals surface area contributed by atoms with Crippen molar-refractivity contribution in [3.8, 4) is 11.5 Å².